The summed E-state index contributed by atoms with van der Waals surface area (Å²) >= 11 is 0. The van der Waals surface area contributed by atoms with Gasteiger partial charge in [-0.25, -0.2) is 4.39 Å². The van der Waals surface area contributed by atoms with Gasteiger partial charge in [0, 0.05) is 0 Å². The molecule has 0 radical (unpaired) electrons. The van der Waals surface area contributed by atoms with Gasteiger partial charge in [0.15, 0.2) is 0 Å². The highest BCUT2D eigenvalue weighted by Crippen LogP contribution is 2.28. The molecule has 0 aliphatic rings. The van der Waals surface area contributed by atoms with E-state index in [0.717, 1.165) is 12.1 Å². The van der Waals surface area contributed by atoms with Crippen LogP contribution in [0.4, 0.5) is 22.0 Å². The Morgan fingerprint density at radius 1 is 1.29 bits per heavy atom. The first kappa shape index (κ1) is 13.7. The van der Waals surface area contributed by atoms with Gasteiger partial charge >= 0.3 is 12.5 Å². The van der Waals surface area contributed by atoms with Crippen LogP contribution < -0.4 is 10.5 Å². The number of halogens is 5. The predicted molar refractivity (Wildman–Crippen MR) is 50.9 cm³/mol. The second-order valence-electron chi connectivity index (χ2n) is 3.30. The van der Waals surface area contributed by atoms with Gasteiger partial charge in [-0.05, 0) is 17.7 Å². The number of hydrogen-bond donors (Lipinski definition) is 1. The molecular formula is C10H10F5NO. The maximum Gasteiger partial charge on any atom is 0.461 e. The standard InChI is InChI=1S/C10H10F5NO/c11-5-8(16)6-2-1-3-7(4-6)17-10(14,15)9(12)13/h1-4,8-9H,5,16H2/t8-/m1/s1. The summed E-state index contributed by atoms with van der Waals surface area (Å²) in [7, 11) is 0. The lowest BCUT2D eigenvalue weighted by Gasteiger charge is -2.17. The lowest BCUT2D eigenvalue weighted by Crippen LogP contribution is -2.33. The number of benzene rings is 1. The van der Waals surface area contributed by atoms with Crippen LogP contribution in [0.15, 0.2) is 24.3 Å². The molecule has 0 spiro atoms. The number of hydrogen-bond acceptors (Lipinski definition) is 2. The van der Waals surface area contributed by atoms with Crippen LogP contribution in [0.1, 0.15) is 11.6 Å². The van der Waals surface area contributed by atoms with Crippen molar-refractivity contribution in [3.8, 4) is 5.75 Å². The quantitative estimate of drug-likeness (QED) is 0.821. The Morgan fingerprint density at radius 3 is 2.47 bits per heavy atom. The molecular weight excluding hydrogens is 245 g/mol. The van der Waals surface area contributed by atoms with Crippen LogP contribution in [0.2, 0.25) is 0 Å². The van der Waals surface area contributed by atoms with Crippen LogP contribution >= 0.6 is 0 Å². The molecule has 0 aliphatic heterocycles. The van der Waals surface area contributed by atoms with Crippen molar-refractivity contribution in [2.24, 2.45) is 5.73 Å². The average Bonchev–Trinajstić information content (AvgIpc) is 2.27. The zero-order valence-electron chi connectivity index (χ0n) is 8.55. The van der Waals surface area contributed by atoms with Gasteiger partial charge in [-0.1, -0.05) is 12.1 Å². The minimum Gasteiger partial charge on any atom is -0.428 e. The first-order chi connectivity index (χ1) is 7.86. The van der Waals surface area contributed by atoms with Crippen LogP contribution in [0.25, 0.3) is 0 Å². The molecule has 0 amide bonds. The van der Waals surface area contributed by atoms with Gasteiger partial charge in [0.25, 0.3) is 0 Å². The predicted octanol–water partition coefficient (Wildman–Crippen LogP) is 2.89. The Morgan fingerprint density at radius 2 is 1.94 bits per heavy atom. The Bertz CT molecular complexity index is 371. The van der Waals surface area contributed by atoms with Crippen molar-refractivity contribution in [2.75, 3.05) is 6.67 Å². The summed E-state index contributed by atoms with van der Waals surface area (Å²) in [5.74, 6) is -0.489. The number of ether oxygens (including phenoxy) is 1. The van der Waals surface area contributed by atoms with Crippen molar-refractivity contribution in [3.63, 3.8) is 0 Å². The Hall–Kier alpha value is -1.37. The van der Waals surface area contributed by atoms with Crippen molar-refractivity contribution in [1.82, 2.24) is 0 Å². The van der Waals surface area contributed by atoms with E-state index in [1.165, 1.54) is 12.1 Å². The van der Waals surface area contributed by atoms with Crippen molar-refractivity contribution in [1.29, 1.82) is 0 Å². The van der Waals surface area contributed by atoms with Crippen molar-refractivity contribution in [3.05, 3.63) is 29.8 Å². The fraction of sp³-hybridized carbons (Fsp3) is 0.400. The molecule has 0 saturated heterocycles. The third-order valence-electron chi connectivity index (χ3n) is 1.96. The summed E-state index contributed by atoms with van der Waals surface area (Å²) in [6.07, 6.45) is -8.53. The van der Waals surface area contributed by atoms with Crippen molar-refractivity contribution < 1.29 is 26.7 Å². The van der Waals surface area contributed by atoms with E-state index in [-0.39, 0.29) is 5.56 Å². The molecule has 0 saturated carbocycles. The molecule has 0 heterocycles. The van der Waals surface area contributed by atoms with Crippen LogP contribution in [0.5, 0.6) is 5.75 Å². The fourth-order valence-corrected chi connectivity index (χ4v) is 1.10. The number of nitrogens with two attached hydrogens (primary N) is 1. The zero-order valence-corrected chi connectivity index (χ0v) is 8.55. The Labute approximate surface area is 94.2 Å². The van der Waals surface area contributed by atoms with Crippen molar-refractivity contribution in [2.45, 2.75) is 18.6 Å². The molecule has 1 aromatic rings. The third kappa shape index (κ3) is 3.55. The van der Waals surface area contributed by atoms with E-state index in [1.54, 1.807) is 0 Å². The molecule has 0 aliphatic carbocycles. The van der Waals surface area contributed by atoms with Crippen LogP contribution in [0.3, 0.4) is 0 Å². The van der Waals surface area contributed by atoms with E-state index in [4.69, 9.17) is 5.73 Å². The number of alkyl halides is 5. The molecule has 17 heavy (non-hydrogen) atoms. The average molecular weight is 255 g/mol. The van der Waals surface area contributed by atoms with E-state index >= 15 is 0 Å². The highest BCUT2D eigenvalue weighted by molar-refractivity contribution is 5.30. The fourth-order valence-electron chi connectivity index (χ4n) is 1.10. The van der Waals surface area contributed by atoms with Gasteiger partial charge < -0.3 is 10.5 Å². The summed E-state index contributed by atoms with van der Waals surface area (Å²) in [6.45, 7) is -0.894. The van der Waals surface area contributed by atoms with Gasteiger partial charge in [0.2, 0.25) is 0 Å². The Balaban J connectivity index is 2.86. The molecule has 2 nitrogen and oxygen atoms in total. The summed E-state index contributed by atoms with van der Waals surface area (Å²) in [4.78, 5) is 0. The van der Waals surface area contributed by atoms with E-state index in [1.807, 2.05) is 0 Å². The van der Waals surface area contributed by atoms with Crippen LogP contribution in [-0.2, 0) is 0 Å². The smallest absolute Gasteiger partial charge is 0.428 e. The number of rotatable bonds is 5. The van der Waals surface area contributed by atoms with Crippen LogP contribution in [-0.4, -0.2) is 19.2 Å². The topological polar surface area (TPSA) is 35.2 Å². The zero-order chi connectivity index (χ0) is 13.1. The van der Waals surface area contributed by atoms with Gasteiger partial charge in [-0.15, -0.1) is 0 Å². The lowest BCUT2D eigenvalue weighted by atomic mass is 10.1. The minimum atomic E-state index is -4.58. The second-order valence-corrected chi connectivity index (χ2v) is 3.30. The molecule has 0 unspecified atom stereocenters. The molecule has 0 bridgehead atoms. The first-order valence-electron chi connectivity index (χ1n) is 4.63. The van der Waals surface area contributed by atoms with E-state index in [2.05, 4.69) is 4.74 Å². The monoisotopic (exact) mass is 255 g/mol. The van der Waals surface area contributed by atoms with E-state index in [9.17, 15) is 22.0 Å². The minimum absolute atomic E-state index is 0.190. The third-order valence-corrected chi connectivity index (χ3v) is 1.96. The highest BCUT2D eigenvalue weighted by atomic mass is 19.3. The largest absolute Gasteiger partial charge is 0.461 e. The molecule has 1 rings (SSSR count). The van der Waals surface area contributed by atoms with E-state index in [0.29, 0.717) is 0 Å². The molecule has 96 valence electrons. The molecule has 0 fully saturated rings. The van der Waals surface area contributed by atoms with Gasteiger partial charge in [0.05, 0.1) is 6.04 Å². The normalized spacial score (nSPS) is 13.8. The van der Waals surface area contributed by atoms with Crippen LogP contribution in [0, 0.1) is 0 Å². The summed E-state index contributed by atoms with van der Waals surface area (Å²) < 4.78 is 64.9. The maximum absolute atomic E-state index is 12.6. The molecule has 1 atom stereocenters. The molecule has 7 heteroatoms. The maximum atomic E-state index is 12.6. The van der Waals surface area contributed by atoms with E-state index < -0.39 is 31.0 Å². The van der Waals surface area contributed by atoms with Gasteiger partial charge in [0.1, 0.15) is 12.4 Å². The molecule has 2 N–H and O–H groups in total. The SMILES string of the molecule is N[C@H](CF)c1cccc(OC(F)(F)C(F)F)c1. The van der Waals surface area contributed by atoms with Gasteiger partial charge in [-0.3, -0.25) is 0 Å². The highest BCUT2D eigenvalue weighted by Gasteiger charge is 2.43. The summed E-state index contributed by atoms with van der Waals surface area (Å²) in [6, 6.07) is 3.71. The lowest BCUT2D eigenvalue weighted by molar-refractivity contribution is -0.253. The first-order valence-corrected chi connectivity index (χ1v) is 4.63. The summed E-state index contributed by atoms with van der Waals surface area (Å²) in [5, 5.41) is 0. The molecule has 1 aromatic carbocycles. The second kappa shape index (κ2) is 5.31. The van der Waals surface area contributed by atoms with Gasteiger partial charge in [-0.2, -0.15) is 17.6 Å². The summed E-state index contributed by atoms with van der Waals surface area (Å²) in [5.41, 5.74) is 5.51. The van der Waals surface area contributed by atoms with Crippen molar-refractivity contribution >= 4 is 0 Å². The Kier molecular flexibility index (Phi) is 4.28. The molecule has 0 aromatic heterocycles.